The summed E-state index contributed by atoms with van der Waals surface area (Å²) in [7, 11) is -0.932. The first-order chi connectivity index (χ1) is 12.5. The van der Waals surface area contributed by atoms with E-state index < -0.39 is 10.8 Å². The summed E-state index contributed by atoms with van der Waals surface area (Å²) < 4.78 is 13.3. The molecule has 134 valence electrons. The molecule has 1 amide bonds. The molecule has 2 atom stereocenters. The molecule has 0 bridgehead atoms. The molecule has 1 N–H and O–H groups in total. The Bertz CT molecular complexity index is 905. The van der Waals surface area contributed by atoms with Crippen molar-refractivity contribution in [2.24, 2.45) is 0 Å². The predicted molar refractivity (Wildman–Crippen MR) is 104 cm³/mol. The third-order valence-corrected chi connectivity index (χ3v) is 4.84. The molecule has 0 spiro atoms. The van der Waals surface area contributed by atoms with Gasteiger partial charge in [0.1, 0.15) is 0 Å². The van der Waals surface area contributed by atoms with Crippen molar-refractivity contribution in [2.75, 3.05) is 6.26 Å². The number of carbonyl (C=O) groups excluding carboxylic acids is 1. The molecule has 2 unspecified atom stereocenters. The lowest BCUT2D eigenvalue weighted by molar-refractivity contribution is 0.0940. The number of hydrogen-bond donors (Lipinski definition) is 1. The van der Waals surface area contributed by atoms with Gasteiger partial charge in [0.25, 0.3) is 5.91 Å². The molecular formula is C20H21N3O2S. The van der Waals surface area contributed by atoms with Gasteiger partial charge in [-0.1, -0.05) is 24.3 Å². The average molecular weight is 367 g/mol. The maximum atomic E-state index is 12.5. The van der Waals surface area contributed by atoms with Crippen molar-refractivity contribution < 1.29 is 9.00 Å². The molecule has 6 heteroatoms. The number of hydrogen-bond acceptors (Lipinski definition) is 3. The lowest BCUT2D eigenvalue weighted by atomic mass is 10.1. The van der Waals surface area contributed by atoms with Gasteiger partial charge in [0.2, 0.25) is 0 Å². The summed E-state index contributed by atoms with van der Waals surface area (Å²) >= 11 is 0. The van der Waals surface area contributed by atoms with Gasteiger partial charge in [-0.05, 0) is 42.3 Å². The van der Waals surface area contributed by atoms with Crippen LogP contribution in [0, 0.1) is 0 Å². The molecule has 1 heterocycles. The van der Waals surface area contributed by atoms with Crippen LogP contribution in [-0.2, 0) is 16.6 Å². The normalized spacial score (nSPS) is 13.2. The van der Waals surface area contributed by atoms with Crippen molar-refractivity contribution in [3.63, 3.8) is 0 Å². The van der Waals surface area contributed by atoms with E-state index in [4.69, 9.17) is 0 Å². The van der Waals surface area contributed by atoms with E-state index >= 15 is 0 Å². The van der Waals surface area contributed by atoms with Crippen LogP contribution < -0.4 is 5.32 Å². The van der Waals surface area contributed by atoms with Gasteiger partial charge in [0, 0.05) is 46.5 Å². The summed E-state index contributed by atoms with van der Waals surface area (Å²) in [5, 5.41) is 3.01. The summed E-state index contributed by atoms with van der Waals surface area (Å²) in [5.74, 6) is 0.312. The minimum atomic E-state index is -0.932. The Hall–Kier alpha value is -2.73. The fraction of sp³-hybridized carbons (Fsp3) is 0.200. The van der Waals surface area contributed by atoms with Crippen LogP contribution in [0.1, 0.15) is 34.5 Å². The fourth-order valence-corrected chi connectivity index (χ4v) is 3.40. The highest BCUT2D eigenvalue weighted by Crippen LogP contribution is 2.17. The monoisotopic (exact) mass is 367 g/mol. The summed E-state index contributed by atoms with van der Waals surface area (Å²) in [6.45, 7) is 1.95. The second kappa shape index (κ2) is 8.10. The number of imidazole rings is 1. The quantitative estimate of drug-likeness (QED) is 0.727. The second-order valence-electron chi connectivity index (χ2n) is 6.17. The van der Waals surface area contributed by atoms with Crippen molar-refractivity contribution in [1.82, 2.24) is 14.9 Å². The first-order valence-corrected chi connectivity index (χ1v) is 10.0. The zero-order valence-corrected chi connectivity index (χ0v) is 15.6. The lowest BCUT2D eigenvalue weighted by Gasteiger charge is -2.15. The Kier molecular flexibility index (Phi) is 5.63. The fourth-order valence-electron chi connectivity index (χ4n) is 2.75. The van der Waals surface area contributed by atoms with Gasteiger partial charge in [-0.15, -0.1) is 0 Å². The number of rotatable bonds is 6. The van der Waals surface area contributed by atoms with E-state index in [1.165, 1.54) is 0 Å². The van der Waals surface area contributed by atoms with Gasteiger partial charge < -0.3 is 9.88 Å². The molecule has 0 aliphatic rings. The standard InChI is InChI=1S/C20H21N3O2S/c1-15(17-6-8-19(9-7-17)23-11-10-21-14-23)22-20(24)18-5-3-4-16(12-18)13-26(2)25/h3-12,14-15H,13H2,1-2H3,(H,22,24). The number of nitrogens with one attached hydrogen (secondary N) is 1. The van der Waals surface area contributed by atoms with Gasteiger partial charge in [0.05, 0.1) is 12.4 Å². The zero-order valence-electron chi connectivity index (χ0n) is 14.8. The molecule has 0 aliphatic heterocycles. The molecule has 0 fully saturated rings. The molecule has 3 aromatic rings. The van der Waals surface area contributed by atoms with Crippen LogP contribution in [0.2, 0.25) is 0 Å². The molecule has 0 saturated carbocycles. The van der Waals surface area contributed by atoms with E-state index in [0.717, 1.165) is 16.8 Å². The van der Waals surface area contributed by atoms with Crippen LogP contribution in [-0.4, -0.2) is 25.9 Å². The molecule has 1 aromatic heterocycles. The molecule has 3 rings (SSSR count). The maximum absolute atomic E-state index is 12.5. The molecule has 0 aliphatic carbocycles. The Morgan fingerprint density at radius 1 is 1.23 bits per heavy atom. The van der Waals surface area contributed by atoms with Crippen LogP contribution in [0.4, 0.5) is 0 Å². The van der Waals surface area contributed by atoms with E-state index in [-0.39, 0.29) is 11.9 Å². The smallest absolute Gasteiger partial charge is 0.251 e. The summed E-state index contributed by atoms with van der Waals surface area (Å²) in [5.41, 5.74) is 3.52. The summed E-state index contributed by atoms with van der Waals surface area (Å²) in [6, 6.07) is 15.1. The number of carbonyl (C=O) groups is 1. The highest BCUT2D eigenvalue weighted by atomic mass is 32.2. The molecule has 26 heavy (non-hydrogen) atoms. The van der Waals surface area contributed by atoms with E-state index in [1.807, 2.05) is 54.1 Å². The molecule has 0 saturated heterocycles. The SMILES string of the molecule is CC(NC(=O)c1cccc(CS(C)=O)c1)c1ccc(-n2ccnc2)cc1. The molecule has 2 aromatic carbocycles. The van der Waals surface area contributed by atoms with E-state index in [2.05, 4.69) is 10.3 Å². The van der Waals surface area contributed by atoms with Crippen LogP contribution in [0.15, 0.2) is 67.3 Å². The summed E-state index contributed by atoms with van der Waals surface area (Å²) in [4.78, 5) is 16.6. The van der Waals surface area contributed by atoms with Crippen LogP contribution in [0.25, 0.3) is 5.69 Å². The Morgan fingerprint density at radius 2 is 2.00 bits per heavy atom. The number of nitrogens with zero attached hydrogens (tertiary/aromatic N) is 2. The number of benzene rings is 2. The van der Waals surface area contributed by atoms with Crippen molar-refractivity contribution in [2.45, 2.75) is 18.7 Å². The van der Waals surface area contributed by atoms with Crippen LogP contribution in [0.5, 0.6) is 0 Å². The van der Waals surface area contributed by atoms with E-state index in [0.29, 0.717) is 11.3 Å². The van der Waals surface area contributed by atoms with E-state index in [9.17, 15) is 9.00 Å². The van der Waals surface area contributed by atoms with Gasteiger partial charge in [-0.25, -0.2) is 4.98 Å². The Morgan fingerprint density at radius 3 is 2.65 bits per heavy atom. The third kappa shape index (κ3) is 4.46. The minimum Gasteiger partial charge on any atom is -0.346 e. The highest BCUT2D eigenvalue weighted by molar-refractivity contribution is 7.83. The zero-order chi connectivity index (χ0) is 18.5. The van der Waals surface area contributed by atoms with Gasteiger partial charge in [-0.2, -0.15) is 0 Å². The second-order valence-corrected chi connectivity index (χ2v) is 7.61. The van der Waals surface area contributed by atoms with Crippen LogP contribution >= 0.6 is 0 Å². The van der Waals surface area contributed by atoms with Crippen molar-refractivity contribution >= 4 is 16.7 Å². The first kappa shape index (κ1) is 18.1. The number of aromatic nitrogens is 2. The topological polar surface area (TPSA) is 64.0 Å². The van der Waals surface area contributed by atoms with Gasteiger partial charge in [0.15, 0.2) is 0 Å². The molecule has 0 radical (unpaired) electrons. The van der Waals surface area contributed by atoms with Gasteiger partial charge in [-0.3, -0.25) is 9.00 Å². The van der Waals surface area contributed by atoms with Crippen LogP contribution in [0.3, 0.4) is 0 Å². The third-order valence-electron chi connectivity index (χ3n) is 4.10. The molecule has 5 nitrogen and oxygen atoms in total. The highest BCUT2D eigenvalue weighted by Gasteiger charge is 2.12. The minimum absolute atomic E-state index is 0.122. The van der Waals surface area contributed by atoms with Crippen molar-refractivity contribution in [1.29, 1.82) is 0 Å². The van der Waals surface area contributed by atoms with Gasteiger partial charge >= 0.3 is 0 Å². The van der Waals surface area contributed by atoms with Crippen molar-refractivity contribution in [3.05, 3.63) is 83.9 Å². The maximum Gasteiger partial charge on any atom is 0.251 e. The molecular weight excluding hydrogens is 346 g/mol. The predicted octanol–water partition coefficient (Wildman–Crippen LogP) is 3.24. The Balaban J connectivity index is 1.68. The van der Waals surface area contributed by atoms with Crippen molar-refractivity contribution in [3.8, 4) is 5.69 Å². The first-order valence-electron chi connectivity index (χ1n) is 8.31. The number of amides is 1. The average Bonchev–Trinajstić information content (AvgIpc) is 3.16. The largest absolute Gasteiger partial charge is 0.346 e. The lowest BCUT2D eigenvalue weighted by Crippen LogP contribution is -2.26. The summed E-state index contributed by atoms with van der Waals surface area (Å²) in [6.07, 6.45) is 7.02. The Labute approximate surface area is 155 Å². The van der Waals surface area contributed by atoms with E-state index in [1.54, 1.807) is 30.9 Å².